The van der Waals surface area contributed by atoms with E-state index in [1.807, 2.05) is 13.0 Å². The molecule has 6 heteroatoms. The first-order valence-electron chi connectivity index (χ1n) is 6.24. The van der Waals surface area contributed by atoms with Gasteiger partial charge in [0.05, 0.1) is 12.2 Å². The second kappa shape index (κ2) is 6.27. The van der Waals surface area contributed by atoms with Gasteiger partial charge in [-0.2, -0.15) is 13.1 Å². The third kappa shape index (κ3) is 5.61. The van der Waals surface area contributed by atoms with Gasteiger partial charge in [0.15, 0.2) is 0 Å². The van der Waals surface area contributed by atoms with Gasteiger partial charge in [0.2, 0.25) is 0 Å². The van der Waals surface area contributed by atoms with Crippen LogP contribution in [-0.4, -0.2) is 20.5 Å². The maximum atomic E-state index is 12.1. The molecule has 20 heavy (non-hydrogen) atoms. The Hall–Kier alpha value is -1.55. The summed E-state index contributed by atoms with van der Waals surface area (Å²) in [6.45, 7) is 7.43. The Morgan fingerprint density at radius 1 is 1.30 bits per heavy atom. The minimum atomic E-state index is -3.66. The fourth-order valence-electron chi connectivity index (χ4n) is 1.57. The molecule has 1 rings (SSSR count). The molecule has 0 unspecified atom stereocenters. The van der Waals surface area contributed by atoms with Crippen molar-refractivity contribution >= 4 is 15.9 Å². The molecule has 0 aromatic heterocycles. The average Bonchev–Trinajstić information content (AvgIpc) is 2.24. The molecule has 0 aliphatic rings. The Morgan fingerprint density at radius 3 is 2.50 bits per heavy atom. The van der Waals surface area contributed by atoms with Crippen LogP contribution in [0, 0.1) is 18.8 Å². The molecule has 1 aromatic carbocycles. The van der Waals surface area contributed by atoms with Gasteiger partial charge in [-0.05, 0) is 45.4 Å². The molecule has 0 aliphatic carbocycles. The smallest absolute Gasteiger partial charge is 0.299 e. The summed E-state index contributed by atoms with van der Waals surface area (Å²) in [5.41, 5.74) is 6.77. The maximum Gasteiger partial charge on any atom is 0.299 e. The van der Waals surface area contributed by atoms with Gasteiger partial charge in [0.1, 0.15) is 0 Å². The van der Waals surface area contributed by atoms with Crippen molar-refractivity contribution < 1.29 is 8.42 Å². The Labute approximate surface area is 121 Å². The van der Waals surface area contributed by atoms with Crippen LogP contribution in [0.25, 0.3) is 0 Å². The lowest BCUT2D eigenvalue weighted by molar-refractivity contribution is 0.494. The molecule has 0 spiro atoms. The first-order chi connectivity index (χ1) is 9.13. The van der Waals surface area contributed by atoms with E-state index < -0.39 is 15.7 Å². The van der Waals surface area contributed by atoms with Crippen molar-refractivity contribution in [3.05, 3.63) is 29.3 Å². The van der Waals surface area contributed by atoms with E-state index >= 15 is 0 Å². The normalized spacial score (nSPS) is 11.7. The third-order valence-electron chi connectivity index (χ3n) is 2.19. The highest BCUT2D eigenvalue weighted by atomic mass is 32.2. The fourth-order valence-corrected chi connectivity index (χ4v) is 2.89. The van der Waals surface area contributed by atoms with Gasteiger partial charge >= 0.3 is 0 Å². The van der Waals surface area contributed by atoms with Crippen molar-refractivity contribution in [1.82, 2.24) is 4.72 Å². The number of aryl methyl sites for hydroxylation is 1. The van der Waals surface area contributed by atoms with E-state index in [2.05, 4.69) is 21.3 Å². The number of anilines is 1. The largest absolute Gasteiger partial charge is 0.320 e. The summed E-state index contributed by atoms with van der Waals surface area (Å²) in [7, 11) is -3.66. The third-order valence-corrected chi connectivity index (χ3v) is 3.55. The predicted molar refractivity (Wildman–Crippen MR) is 82.5 cm³/mol. The van der Waals surface area contributed by atoms with E-state index in [9.17, 15) is 8.42 Å². The molecule has 0 atom stereocenters. The number of hydrogen-bond acceptors (Lipinski definition) is 3. The zero-order valence-corrected chi connectivity index (χ0v) is 13.1. The highest BCUT2D eigenvalue weighted by Crippen LogP contribution is 2.18. The summed E-state index contributed by atoms with van der Waals surface area (Å²) in [5, 5.41) is 0. The lowest BCUT2D eigenvalue weighted by Gasteiger charge is -2.21. The molecule has 0 amide bonds. The maximum absolute atomic E-state index is 12.1. The molecule has 1 aromatic rings. The Kier molecular flexibility index (Phi) is 5.17. The molecular weight excluding hydrogens is 274 g/mol. The summed E-state index contributed by atoms with van der Waals surface area (Å²) in [5.74, 6) is 5.58. The Balaban J connectivity index is 3.11. The van der Waals surface area contributed by atoms with Crippen LogP contribution in [0.1, 0.15) is 31.9 Å². The Bertz CT molecular complexity index is 635. The number of hydrogen-bond donors (Lipinski definition) is 3. The molecule has 0 radical (unpaired) electrons. The first-order valence-corrected chi connectivity index (χ1v) is 7.72. The monoisotopic (exact) mass is 295 g/mol. The van der Waals surface area contributed by atoms with Gasteiger partial charge < -0.3 is 5.73 Å². The van der Waals surface area contributed by atoms with Crippen LogP contribution in [0.2, 0.25) is 0 Å². The van der Waals surface area contributed by atoms with Gasteiger partial charge in [0, 0.05) is 11.1 Å². The van der Waals surface area contributed by atoms with E-state index in [1.54, 1.807) is 32.9 Å². The standard InChI is InChI=1S/C14H21N3O2S/c1-11-7-8-12(6-5-9-15)13(10-11)16-20(18,19)17-14(2,3)4/h7-8,10,16-17H,9,15H2,1-4H3. The van der Waals surface area contributed by atoms with Crippen molar-refractivity contribution in [2.24, 2.45) is 5.73 Å². The van der Waals surface area contributed by atoms with Crippen LogP contribution in [0.3, 0.4) is 0 Å². The van der Waals surface area contributed by atoms with Gasteiger partial charge in [-0.3, -0.25) is 4.72 Å². The number of nitrogens with two attached hydrogens (primary N) is 1. The first kappa shape index (κ1) is 16.5. The SMILES string of the molecule is Cc1ccc(C#CCN)c(NS(=O)(=O)NC(C)(C)C)c1. The second-order valence-corrected chi connectivity index (χ2v) is 6.93. The minimum Gasteiger partial charge on any atom is -0.320 e. The van der Waals surface area contributed by atoms with Crippen LogP contribution in [0.4, 0.5) is 5.69 Å². The van der Waals surface area contributed by atoms with E-state index in [0.29, 0.717) is 11.3 Å². The van der Waals surface area contributed by atoms with E-state index in [-0.39, 0.29) is 6.54 Å². The lowest BCUT2D eigenvalue weighted by atomic mass is 10.1. The quantitative estimate of drug-likeness (QED) is 0.736. The summed E-state index contributed by atoms with van der Waals surface area (Å²) in [4.78, 5) is 0. The molecule has 110 valence electrons. The number of nitrogens with one attached hydrogen (secondary N) is 2. The molecule has 0 fully saturated rings. The van der Waals surface area contributed by atoms with Crippen molar-refractivity contribution in [2.45, 2.75) is 33.2 Å². The van der Waals surface area contributed by atoms with Crippen molar-refractivity contribution in [3.8, 4) is 11.8 Å². The van der Waals surface area contributed by atoms with Crippen LogP contribution in [0.15, 0.2) is 18.2 Å². The zero-order valence-electron chi connectivity index (χ0n) is 12.2. The molecule has 5 nitrogen and oxygen atoms in total. The van der Waals surface area contributed by atoms with Crippen molar-refractivity contribution in [3.63, 3.8) is 0 Å². The molecule has 0 saturated carbocycles. The van der Waals surface area contributed by atoms with Crippen LogP contribution >= 0.6 is 0 Å². The van der Waals surface area contributed by atoms with Gasteiger partial charge in [-0.15, -0.1) is 0 Å². The second-order valence-electron chi connectivity index (χ2n) is 5.51. The van der Waals surface area contributed by atoms with Crippen molar-refractivity contribution in [2.75, 3.05) is 11.3 Å². The summed E-state index contributed by atoms with van der Waals surface area (Å²) < 4.78 is 29.2. The summed E-state index contributed by atoms with van der Waals surface area (Å²) in [6, 6.07) is 5.38. The average molecular weight is 295 g/mol. The molecule has 0 aliphatic heterocycles. The van der Waals surface area contributed by atoms with Crippen LogP contribution < -0.4 is 15.2 Å². The zero-order chi connectivity index (χ0) is 15.4. The van der Waals surface area contributed by atoms with Crippen molar-refractivity contribution in [1.29, 1.82) is 0 Å². The summed E-state index contributed by atoms with van der Waals surface area (Å²) in [6.07, 6.45) is 0. The van der Waals surface area contributed by atoms with E-state index in [0.717, 1.165) is 5.56 Å². The highest BCUT2D eigenvalue weighted by Gasteiger charge is 2.20. The number of rotatable bonds is 3. The fraction of sp³-hybridized carbons (Fsp3) is 0.429. The molecule has 4 N–H and O–H groups in total. The van der Waals surface area contributed by atoms with E-state index in [1.165, 1.54) is 0 Å². The van der Waals surface area contributed by atoms with Gasteiger partial charge in [0.25, 0.3) is 10.2 Å². The lowest BCUT2D eigenvalue weighted by Crippen LogP contribution is -2.43. The summed E-state index contributed by atoms with van der Waals surface area (Å²) >= 11 is 0. The minimum absolute atomic E-state index is 0.223. The number of benzene rings is 1. The van der Waals surface area contributed by atoms with Crippen LogP contribution in [0.5, 0.6) is 0 Å². The molecular formula is C14H21N3O2S. The van der Waals surface area contributed by atoms with Gasteiger partial charge in [-0.1, -0.05) is 17.9 Å². The highest BCUT2D eigenvalue weighted by molar-refractivity contribution is 7.90. The van der Waals surface area contributed by atoms with Crippen LogP contribution in [-0.2, 0) is 10.2 Å². The predicted octanol–water partition coefficient (Wildman–Crippen LogP) is 1.35. The van der Waals surface area contributed by atoms with E-state index in [4.69, 9.17) is 5.73 Å². The molecule has 0 saturated heterocycles. The molecule has 0 bridgehead atoms. The van der Waals surface area contributed by atoms with Gasteiger partial charge in [-0.25, -0.2) is 0 Å². The molecule has 0 heterocycles. The topological polar surface area (TPSA) is 84.2 Å². The Morgan fingerprint density at radius 2 is 1.95 bits per heavy atom.